The van der Waals surface area contributed by atoms with Crippen LogP contribution in [0.4, 0.5) is 0 Å². The zero-order valence-corrected chi connectivity index (χ0v) is 12.5. The van der Waals surface area contributed by atoms with E-state index in [9.17, 15) is 10.1 Å². The van der Waals surface area contributed by atoms with E-state index in [2.05, 4.69) is 11.4 Å². The van der Waals surface area contributed by atoms with Gasteiger partial charge in [-0.2, -0.15) is 5.26 Å². The molecule has 1 unspecified atom stereocenters. The quantitative estimate of drug-likeness (QED) is 0.636. The summed E-state index contributed by atoms with van der Waals surface area (Å²) in [6.07, 6.45) is 4.86. The fourth-order valence-electron chi connectivity index (χ4n) is 3.35. The minimum Gasteiger partial charge on any atom is -0.351 e. The Morgan fingerprint density at radius 3 is 2.76 bits per heavy atom. The van der Waals surface area contributed by atoms with Crippen molar-refractivity contribution in [1.82, 2.24) is 5.32 Å². The number of rotatable bonds is 3. The first-order valence-corrected chi connectivity index (χ1v) is 7.85. The van der Waals surface area contributed by atoms with E-state index in [1.54, 1.807) is 0 Å². The molecule has 1 spiro atoms. The van der Waals surface area contributed by atoms with Gasteiger partial charge in [0.25, 0.3) is 5.91 Å². The number of carbonyl (C=O) groups is 1. The van der Waals surface area contributed by atoms with Crippen LogP contribution in [-0.2, 0) is 14.3 Å². The molecule has 1 N–H and O–H groups in total. The summed E-state index contributed by atoms with van der Waals surface area (Å²) < 4.78 is 11.6. The third kappa shape index (κ3) is 2.83. The van der Waals surface area contributed by atoms with Crippen LogP contribution in [0.2, 0.25) is 0 Å². The first-order chi connectivity index (χ1) is 10.2. The topological polar surface area (TPSA) is 71.4 Å². The van der Waals surface area contributed by atoms with Crippen LogP contribution in [0, 0.1) is 23.2 Å². The third-order valence-corrected chi connectivity index (χ3v) is 4.84. The summed E-state index contributed by atoms with van der Waals surface area (Å²) in [6.45, 7) is 3.87. The van der Waals surface area contributed by atoms with E-state index in [-0.39, 0.29) is 17.4 Å². The summed E-state index contributed by atoms with van der Waals surface area (Å²) in [5.74, 6) is -0.293. The molecule has 1 aliphatic heterocycles. The van der Waals surface area contributed by atoms with Crippen LogP contribution in [0.15, 0.2) is 11.1 Å². The van der Waals surface area contributed by atoms with Crippen LogP contribution in [0.3, 0.4) is 0 Å². The lowest BCUT2D eigenvalue weighted by Gasteiger charge is -2.39. The van der Waals surface area contributed by atoms with Gasteiger partial charge in [0.2, 0.25) is 0 Å². The van der Waals surface area contributed by atoms with Gasteiger partial charge >= 0.3 is 0 Å². The van der Waals surface area contributed by atoms with Crippen LogP contribution in [0.1, 0.15) is 39.0 Å². The zero-order valence-electron chi connectivity index (χ0n) is 12.5. The second-order valence-electron chi connectivity index (χ2n) is 6.25. The van der Waals surface area contributed by atoms with Gasteiger partial charge in [-0.15, -0.1) is 0 Å². The average molecular weight is 290 g/mol. The Hall–Kier alpha value is -1.38. The lowest BCUT2D eigenvalue weighted by atomic mass is 9.78. The number of hydrogen-bond donors (Lipinski definition) is 1. The van der Waals surface area contributed by atoms with Gasteiger partial charge < -0.3 is 14.8 Å². The highest BCUT2D eigenvalue weighted by Gasteiger charge is 2.46. The fourth-order valence-corrected chi connectivity index (χ4v) is 3.35. The molecule has 1 amide bonds. The predicted molar refractivity (Wildman–Crippen MR) is 76.0 cm³/mol. The SMILES string of the molecule is CC1/C(=C(/C#N)C(=O)NCC2CC2)CCCC12OCCO2. The Kier molecular flexibility index (Phi) is 4.01. The van der Waals surface area contributed by atoms with E-state index in [1.807, 2.05) is 6.92 Å². The van der Waals surface area contributed by atoms with Crippen molar-refractivity contribution in [2.45, 2.75) is 44.8 Å². The molecule has 1 saturated heterocycles. The van der Waals surface area contributed by atoms with Crippen molar-refractivity contribution in [3.63, 3.8) is 0 Å². The van der Waals surface area contributed by atoms with Crippen molar-refractivity contribution in [1.29, 1.82) is 5.26 Å². The number of nitrogens with one attached hydrogen (secondary N) is 1. The van der Waals surface area contributed by atoms with Crippen LogP contribution < -0.4 is 5.32 Å². The molecular formula is C16H22N2O3. The minimum absolute atomic E-state index is 0.0462. The summed E-state index contributed by atoms with van der Waals surface area (Å²) in [5.41, 5.74) is 1.15. The lowest BCUT2D eigenvalue weighted by molar-refractivity contribution is -0.195. The molecule has 5 nitrogen and oxygen atoms in total. The van der Waals surface area contributed by atoms with E-state index in [0.29, 0.717) is 25.7 Å². The Morgan fingerprint density at radius 2 is 2.14 bits per heavy atom. The Labute approximate surface area is 125 Å². The number of nitriles is 1. The molecule has 2 aliphatic carbocycles. The molecular weight excluding hydrogens is 268 g/mol. The maximum atomic E-state index is 12.3. The largest absolute Gasteiger partial charge is 0.351 e. The standard InChI is InChI=1S/C16H22N2O3/c1-11-13(3-2-6-16(11)20-7-8-21-16)14(9-17)15(19)18-10-12-4-5-12/h11-12H,2-8,10H2,1H3,(H,18,19)/b14-13-. The van der Waals surface area contributed by atoms with E-state index in [0.717, 1.165) is 24.8 Å². The Morgan fingerprint density at radius 1 is 1.43 bits per heavy atom. The molecule has 3 rings (SSSR count). The second kappa shape index (κ2) is 5.78. The lowest BCUT2D eigenvalue weighted by Crippen LogP contribution is -2.42. The van der Waals surface area contributed by atoms with Gasteiger partial charge in [-0.3, -0.25) is 4.79 Å². The molecule has 1 atom stereocenters. The van der Waals surface area contributed by atoms with Gasteiger partial charge in [-0.05, 0) is 37.2 Å². The third-order valence-electron chi connectivity index (χ3n) is 4.84. The molecule has 0 aromatic carbocycles. The molecule has 0 aromatic heterocycles. The van der Waals surface area contributed by atoms with Crippen LogP contribution >= 0.6 is 0 Å². The normalized spacial score (nSPS) is 30.0. The minimum atomic E-state index is -0.619. The molecule has 21 heavy (non-hydrogen) atoms. The molecule has 0 aromatic rings. The van der Waals surface area contributed by atoms with Gasteiger partial charge in [-0.25, -0.2) is 0 Å². The van der Waals surface area contributed by atoms with E-state index in [4.69, 9.17) is 9.47 Å². The Balaban J connectivity index is 1.79. The maximum absolute atomic E-state index is 12.3. The summed E-state index contributed by atoms with van der Waals surface area (Å²) in [4.78, 5) is 12.3. The van der Waals surface area contributed by atoms with E-state index >= 15 is 0 Å². The van der Waals surface area contributed by atoms with Crippen molar-refractivity contribution in [3.8, 4) is 6.07 Å². The van der Waals surface area contributed by atoms with Crippen molar-refractivity contribution in [2.75, 3.05) is 19.8 Å². The van der Waals surface area contributed by atoms with Gasteiger partial charge in [0.05, 0.1) is 13.2 Å². The molecule has 2 saturated carbocycles. The molecule has 0 radical (unpaired) electrons. The molecule has 114 valence electrons. The first-order valence-electron chi connectivity index (χ1n) is 7.85. The van der Waals surface area contributed by atoms with Gasteiger partial charge in [0.15, 0.2) is 5.79 Å². The number of amides is 1. The van der Waals surface area contributed by atoms with Crippen LogP contribution in [-0.4, -0.2) is 31.5 Å². The second-order valence-corrected chi connectivity index (χ2v) is 6.25. The Bertz CT molecular complexity index is 496. The van der Waals surface area contributed by atoms with Crippen LogP contribution in [0.25, 0.3) is 0 Å². The van der Waals surface area contributed by atoms with Gasteiger partial charge in [-0.1, -0.05) is 6.92 Å². The monoisotopic (exact) mass is 290 g/mol. The molecule has 1 heterocycles. The molecule has 5 heteroatoms. The number of carbonyl (C=O) groups excluding carboxylic acids is 1. The van der Waals surface area contributed by atoms with E-state index < -0.39 is 5.79 Å². The average Bonchev–Trinajstić information content (AvgIpc) is 3.20. The van der Waals surface area contributed by atoms with Crippen molar-refractivity contribution in [3.05, 3.63) is 11.1 Å². The molecule has 3 fully saturated rings. The highest BCUT2D eigenvalue weighted by Crippen LogP contribution is 2.44. The highest BCUT2D eigenvalue weighted by molar-refractivity contribution is 5.98. The summed E-state index contributed by atoms with van der Waals surface area (Å²) in [5, 5.41) is 12.3. The number of hydrogen-bond acceptors (Lipinski definition) is 4. The first kappa shape index (κ1) is 14.6. The van der Waals surface area contributed by atoms with Crippen LogP contribution in [0.5, 0.6) is 0 Å². The summed E-state index contributed by atoms with van der Waals surface area (Å²) in [7, 11) is 0. The number of ether oxygens (including phenoxy) is 2. The smallest absolute Gasteiger partial charge is 0.261 e. The van der Waals surface area contributed by atoms with Gasteiger partial charge in [0, 0.05) is 18.9 Å². The fraction of sp³-hybridized carbons (Fsp3) is 0.750. The van der Waals surface area contributed by atoms with Gasteiger partial charge in [0.1, 0.15) is 11.6 Å². The highest BCUT2D eigenvalue weighted by atomic mass is 16.7. The summed E-state index contributed by atoms with van der Waals surface area (Å²) in [6, 6.07) is 2.11. The predicted octanol–water partition coefficient (Wildman–Crippen LogP) is 1.90. The number of nitrogens with zero attached hydrogens (tertiary/aromatic N) is 1. The maximum Gasteiger partial charge on any atom is 0.261 e. The zero-order chi connectivity index (χ0) is 14.9. The van der Waals surface area contributed by atoms with Crippen molar-refractivity contribution >= 4 is 5.91 Å². The van der Waals surface area contributed by atoms with Crippen molar-refractivity contribution in [2.24, 2.45) is 11.8 Å². The summed E-state index contributed by atoms with van der Waals surface area (Å²) >= 11 is 0. The molecule has 3 aliphatic rings. The van der Waals surface area contributed by atoms with E-state index in [1.165, 1.54) is 12.8 Å². The van der Waals surface area contributed by atoms with Crippen molar-refractivity contribution < 1.29 is 14.3 Å². The molecule has 0 bridgehead atoms.